The molecule has 0 radical (unpaired) electrons. The van der Waals surface area contributed by atoms with Gasteiger partial charge in [-0.1, -0.05) is 22.9 Å². The van der Waals surface area contributed by atoms with E-state index in [9.17, 15) is 12.8 Å². The van der Waals surface area contributed by atoms with Gasteiger partial charge in [-0.15, -0.1) is 0 Å². The summed E-state index contributed by atoms with van der Waals surface area (Å²) in [6, 6.07) is 10.8. The molecule has 0 unspecified atom stereocenters. The molecule has 176 valence electrons. The molecule has 0 bridgehead atoms. The number of nitrogens with one attached hydrogen (secondary N) is 2. The van der Waals surface area contributed by atoms with E-state index in [0.717, 1.165) is 0 Å². The largest absolute Gasteiger partial charge is 0.379 e. The van der Waals surface area contributed by atoms with Crippen molar-refractivity contribution in [2.24, 2.45) is 0 Å². The van der Waals surface area contributed by atoms with Crippen LogP contribution in [-0.4, -0.2) is 54.0 Å². The molecule has 9 nitrogen and oxygen atoms in total. The van der Waals surface area contributed by atoms with Gasteiger partial charge in [0.1, 0.15) is 16.8 Å². The van der Waals surface area contributed by atoms with Gasteiger partial charge >= 0.3 is 0 Å². The molecular formula is C21H18ClFN6O3S2. The van der Waals surface area contributed by atoms with Gasteiger partial charge < -0.3 is 15.4 Å². The first-order chi connectivity index (χ1) is 16.4. The number of morpholine rings is 1. The second-order valence-electron chi connectivity index (χ2n) is 7.31. The number of halogens is 2. The molecule has 13 heteroatoms. The second-order valence-corrected chi connectivity index (χ2v) is 10.7. The van der Waals surface area contributed by atoms with Crippen molar-refractivity contribution in [3.8, 4) is 0 Å². The van der Waals surface area contributed by atoms with Gasteiger partial charge in [-0.2, -0.15) is 9.29 Å². The Hall–Kier alpha value is -2.90. The van der Waals surface area contributed by atoms with Crippen LogP contribution in [0.15, 0.2) is 53.7 Å². The van der Waals surface area contributed by atoms with E-state index in [-0.39, 0.29) is 9.92 Å². The number of anilines is 4. The molecular weight excluding hydrogens is 503 g/mol. The molecule has 0 aliphatic carbocycles. The zero-order valence-electron chi connectivity index (χ0n) is 17.5. The molecule has 4 aromatic rings. The molecule has 0 amide bonds. The second kappa shape index (κ2) is 9.39. The summed E-state index contributed by atoms with van der Waals surface area (Å²) >= 11 is 7.18. The normalized spacial score (nSPS) is 14.9. The molecule has 3 heterocycles. The summed E-state index contributed by atoms with van der Waals surface area (Å²) in [6.07, 6.45) is 1.38. The molecule has 2 aromatic heterocycles. The fourth-order valence-electron chi connectivity index (χ4n) is 3.38. The Labute approximate surface area is 203 Å². The fraction of sp³-hybridized carbons (Fsp3) is 0.190. The van der Waals surface area contributed by atoms with Crippen LogP contribution in [0.3, 0.4) is 0 Å². The van der Waals surface area contributed by atoms with Gasteiger partial charge in [-0.05, 0) is 42.5 Å². The van der Waals surface area contributed by atoms with Crippen molar-refractivity contribution < 1.29 is 17.5 Å². The molecule has 1 saturated heterocycles. The third kappa shape index (κ3) is 4.68. The van der Waals surface area contributed by atoms with E-state index in [0.29, 0.717) is 59.0 Å². The first-order valence-electron chi connectivity index (χ1n) is 10.2. The molecule has 0 atom stereocenters. The highest BCUT2D eigenvalue weighted by atomic mass is 35.5. The summed E-state index contributed by atoms with van der Waals surface area (Å²) in [6.45, 7) is 1.47. The number of aromatic nitrogens is 3. The zero-order valence-corrected chi connectivity index (χ0v) is 19.9. The summed E-state index contributed by atoms with van der Waals surface area (Å²) in [5, 5.41) is 6.84. The van der Waals surface area contributed by atoms with Crippen LogP contribution in [0.1, 0.15) is 0 Å². The minimum atomic E-state index is -3.56. The van der Waals surface area contributed by atoms with Crippen molar-refractivity contribution >= 4 is 65.6 Å². The van der Waals surface area contributed by atoms with Gasteiger partial charge in [0, 0.05) is 24.5 Å². The van der Waals surface area contributed by atoms with E-state index < -0.39 is 15.8 Å². The molecule has 2 N–H and O–H groups in total. The summed E-state index contributed by atoms with van der Waals surface area (Å²) < 4.78 is 46.4. The maximum absolute atomic E-state index is 13.4. The lowest BCUT2D eigenvalue weighted by molar-refractivity contribution is 0.0730. The van der Waals surface area contributed by atoms with Gasteiger partial charge in [0.25, 0.3) is 0 Å². The average Bonchev–Trinajstić information content (AvgIpc) is 3.26. The van der Waals surface area contributed by atoms with Gasteiger partial charge in [-0.3, -0.25) is 0 Å². The number of sulfonamides is 1. The quantitative estimate of drug-likeness (QED) is 0.385. The predicted octanol–water partition coefficient (Wildman–Crippen LogP) is 4.39. The van der Waals surface area contributed by atoms with Crippen LogP contribution in [0.25, 0.3) is 10.3 Å². The highest BCUT2D eigenvalue weighted by Gasteiger charge is 2.26. The summed E-state index contributed by atoms with van der Waals surface area (Å²) in [5.74, 6) is -0.00160. The van der Waals surface area contributed by atoms with Gasteiger partial charge in [0.15, 0.2) is 16.6 Å². The van der Waals surface area contributed by atoms with Crippen LogP contribution in [0, 0.1) is 5.82 Å². The van der Waals surface area contributed by atoms with Crippen LogP contribution in [0.4, 0.5) is 26.7 Å². The SMILES string of the molecule is O=S(=O)(c1ccc(Nc2nc3ncnc(Nc4ccc(F)c(Cl)c4)c3s2)cc1)N1CCOCC1. The Bertz CT molecular complexity index is 1440. The van der Waals surface area contributed by atoms with Crippen molar-refractivity contribution in [1.82, 2.24) is 19.3 Å². The first-order valence-corrected chi connectivity index (χ1v) is 12.8. The molecule has 5 rings (SSSR count). The highest BCUT2D eigenvalue weighted by Crippen LogP contribution is 2.33. The lowest BCUT2D eigenvalue weighted by Crippen LogP contribution is -2.40. The van der Waals surface area contributed by atoms with Gasteiger partial charge in [-0.25, -0.2) is 22.8 Å². The molecule has 0 spiro atoms. The number of nitrogens with zero attached hydrogens (tertiary/aromatic N) is 4. The average molecular weight is 521 g/mol. The number of rotatable bonds is 6. The van der Waals surface area contributed by atoms with Gasteiger partial charge in [0.05, 0.1) is 23.1 Å². The number of hydrogen-bond donors (Lipinski definition) is 2. The third-order valence-corrected chi connectivity index (χ3v) is 8.26. The topological polar surface area (TPSA) is 109 Å². The van der Waals surface area contributed by atoms with Crippen molar-refractivity contribution in [3.63, 3.8) is 0 Å². The molecule has 34 heavy (non-hydrogen) atoms. The predicted molar refractivity (Wildman–Crippen MR) is 129 cm³/mol. The Morgan fingerprint density at radius 2 is 1.76 bits per heavy atom. The van der Waals surface area contributed by atoms with Crippen molar-refractivity contribution in [2.75, 3.05) is 36.9 Å². The Kier molecular flexibility index (Phi) is 6.32. The zero-order chi connectivity index (χ0) is 23.7. The highest BCUT2D eigenvalue weighted by molar-refractivity contribution is 7.89. The summed E-state index contributed by atoms with van der Waals surface area (Å²) in [5.41, 5.74) is 1.73. The van der Waals surface area contributed by atoms with Crippen LogP contribution in [0.2, 0.25) is 5.02 Å². The molecule has 1 aliphatic heterocycles. The van der Waals surface area contributed by atoms with E-state index in [1.165, 1.54) is 34.1 Å². The Balaban J connectivity index is 1.35. The summed E-state index contributed by atoms with van der Waals surface area (Å²) in [4.78, 5) is 13.2. The van der Waals surface area contributed by atoms with Crippen molar-refractivity contribution in [2.45, 2.75) is 4.90 Å². The lowest BCUT2D eigenvalue weighted by Gasteiger charge is -2.26. The smallest absolute Gasteiger partial charge is 0.243 e. The van der Waals surface area contributed by atoms with E-state index >= 15 is 0 Å². The van der Waals surface area contributed by atoms with Crippen LogP contribution in [-0.2, 0) is 14.8 Å². The van der Waals surface area contributed by atoms with E-state index in [2.05, 4.69) is 25.6 Å². The number of benzene rings is 2. The fourth-order valence-corrected chi connectivity index (χ4v) is 5.85. The summed E-state index contributed by atoms with van der Waals surface area (Å²) in [7, 11) is -3.56. The Morgan fingerprint density at radius 3 is 2.50 bits per heavy atom. The molecule has 2 aromatic carbocycles. The van der Waals surface area contributed by atoms with Crippen LogP contribution in [0.5, 0.6) is 0 Å². The lowest BCUT2D eigenvalue weighted by atomic mass is 10.3. The van der Waals surface area contributed by atoms with Gasteiger partial charge in [0.2, 0.25) is 10.0 Å². The number of thiazole rings is 1. The maximum atomic E-state index is 13.4. The Morgan fingerprint density at radius 1 is 1.03 bits per heavy atom. The van der Waals surface area contributed by atoms with E-state index in [4.69, 9.17) is 16.3 Å². The maximum Gasteiger partial charge on any atom is 0.243 e. The van der Waals surface area contributed by atoms with Crippen LogP contribution >= 0.6 is 22.9 Å². The number of fused-ring (bicyclic) bond motifs is 1. The van der Waals surface area contributed by atoms with Crippen molar-refractivity contribution in [1.29, 1.82) is 0 Å². The standard InChI is InChI=1S/C21H18ClFN6O3S2/c22-16-11-14(3-6-17(16)23)26-19-18-20(25-12-24-19)28-21(33-18)27-13-1-4-15(5-2-13)34(30,31)29-7-9-32-10-8-29/h1-6,11-12H,7-10H2,(H2,24,25,26,27,28). The van der Waals surface area contributed by atoms with E-state index in [1.807, 2.05) is 0 Å². The van der Waals surface area contributed by atoms with Crippen molar-refractivity contribution in [3.05, 3.63) is 59.6 Å². The van der Waals surface area contributed by atoms with E-state index in [1.54, 1.807) is 30.3 Å². The minimum Gasteiger partial charge on any atom is -0.379 e. The number of ether oxygens (including phenoxy) is 1. The third-order valence-electron chi connectivity index (χ3n) is 5.09. The minimum absolute atomic E-state index is 0.000964. The van der Waals surface area contributed by atoms with Crippen LogP contribution < -0.4 is 10.6 Å². The number of hydrogen-bond acceptors (Lipinski definition) is 9. The monoisotopic (exact) mass is 520 g/mol. The first kappa shape index (κ1) is 22.9. The molecule has 0 saturated carbocycles. The molecule has 1 aliphatic rings. The molecule has 1 fully saturated rings.